The lowest BCUT2D eigenvalue weighted by Crippen LogP contribution is -2.44. The molecule has 1 saturated heterocycles. The smallest absolute Gasteiger partial charge is 0.415 e. The Morgan fingerprint density at radius 2 is 1.60 bits per heavy atom. The summed E-state index contributed by atoms with van der Waals surface area (Å²) < 4.78 is 10.4. The minimum Gasteiger partial charge on any atom is -0.497 e. The van der Waals surface area contributed by atoms with E-state index < -0.39 is 11.8 Å². The molecule has 2 aromatic rings. The van der Waals surface area contributed by atoms with E-state index in [1.54, 1.807) is 48.4 Å². The van der Waals surface area contributed by atoms with Gasteiger partial charge in [0.2, 0.25) is 0 Å². The number of para-hydroxylation sites is 1. The van der Waals surface area contributed by atoms with Gasteiger partial charge in [-0.1, -0.05) is 18.2 Å². The SMILES string of the molecule is COc1ccc(NC(=O)C(=O)NCC2CCN(C(=O)Oc3ccccc3)CC2)cc1. The Morgan fingerprint density at radius 3 is 2.23 bits per heavy atom. The van der Waals surface area contributed by atoms with E-state index in [-0.39, 0.29) is 12.0 Å². The van der Waals surface area contributed by atoms with Gasteiger partial charge in [0.15, 0.2) is 0 Å². The summed E-state index contributed by atoms with van der Waals surface area (Å²) in [6.07, 6.45) is 1.08. The minimum atomic E-state index is -0.718. The van der Waals surface area contributed by atoms with Crippen LogP contribution in [-0.2, 0) is 9.59 Å². The van der Waals surface area contributed by atoms with Crippen molar-refractivity contribution in [2.24, 2.45) is 5.92 Å². The molecule has 0 saturated carbocycles. The summed E-state index contributed by atoms with van der Waals surface area (Å²) in [6, 6.07) is 15.7. The summed E-state index contributed by atoms with van der Waals surface area (Å²) in [6.45, 7) is 1.48. The van der Waals surface area contributed by atoms with Crippen molar-refractivity contribution >= 4 is 23.6 Å². The van der Waals surface area contributed by atoms with E-state index in [2.05, 4.69) is 10.6 Å². The highest BCUT2D eigenvalue weighted by Gasteiger charge is 2.25. The molecule has 0 aliphatic carbocycles. The van der Waals surface area contributed by atoms with Crippen LogP contribution in [0.1, 0.15) is 12.8 Å². The number of benzene rings is 2. The Kier molecular flexibility index (Phi) is 7.26. The number of anilines is 1. The van der Waals surface area contributed by atoms with Crippen molar-refractivity contribution in [1.82, 2.24) is 10.2 Å². The number of piperidine rings is 1. The minimum absolute atomic E-state index is 0.198. The largest absolute Gasteiger partial charge is 0.497 e. The van der Waals surface area contributed by atoms with Gasteiger partial charge in [0.1, 0.15) is 11.5 Å². The molecule has 1 fully saturated rings. The lowest BCUT2D eigenvalue weighted by molar-refractivity contribution is -0.136. The molecule has 1 heterocycles. The van der Waals surface area contributed by atoms with Gasteiger partial charge in [0, 0.05) is 25.3 Å². The quantitative estimate of drug-likeness (QED) is 0.738. The molecule has 3 rings (SSSR count). The van der Waals surface area contributed by atoms with Crippen molar-refractivity contribution in [3.05, 3.63) is 54.6 Å². The molecule has 0 aromatic heterocycles. The van der Waals surface area contributed by atoms with Gasteiger partial charge < -0.3 is 25.0 Å². The first-order chi connectivity index (χ1) is 14.5. The van der Waals surface area contributed by atoms with Gasteiger partial charge in [0.25, 0.3) is 0 Å². The van der Waals surface area contributed by atoms with Gasteiger partial charge >= 0.3 is 17.9 Å². The number of likely N-dealkylation sites (tertiary alicyclic amines) is 1. The molecule has 158 valence electrons. The van der Waals surface area contributed by atoms with Crippen LogP contribution in [0.2, 0.25) is 0 Å². The number of carbonyl (C=O) groups is 3. The predicted molar refractivity (Wildman–Crippen MR) is 111 cm³/mol. The van der Waals surface area contributed by atoms with Crippen LogP contribution in [0.25, 0.3) is 0 Å². The monoisotopic (exact) mass is 411 g/mol. The topological polar surface area (TPSA) is 97.0 Å². The summed E-state index contributed by atoms with van der Waals surface area (Å²) in [7, 11) is 1.55. The Morgan fingerprint density at radius 1 is 0.933 bits per heavy atom. The number of hydrogen-bond donors (Lipinski definition) is 2. The fraction of sp³-hybridized carbons (Fsp3) is 0.318. The molecule has 0 spiro atoms. The van der Waals surface area contributed by atoms with Crippen LogP contribution >= 0.6 is 0 Å². The zero-order valence-electron chi connectivity index (χ0n) is 16.8. The molecule has 8 heteroatoms. The maximum absolute atomic E-state index is 12.2. The van der Waals surface area contributed by atoms with Crippen LogP contribution in [0.5, 0.6) is 11.5 Å². The molecular formula is C22H25N3O5. The Hall–Kier alpha value is -3.55. The number of methoxy groups -OCH3 is 1. The third kappa shape index (κ3) is 5.97. The Bertz CT molecular complexity index is 862. The number of nitrogens with one attached hydrogen (secondary N) is 2. The first kappa shape index (κ1) is 21.2. The van der Waals surface area contributed by atoms with Crippen molar-refractivity contribution in [3.8, 4) is 11.5 Å². The zero-order valence-corrected chi connectivity index (χ0v) is 16.8. The summed E-state index contributed by atoms with van der Waals surface area (Å²) in [5.74, 6) is -0.0273. The highest BCUT2D eigenvalue weighted by atomic mass is 16.6. The number of ether oxygens (including phenoxy) is 2. The maximum atomic E-state index is 12.2. The van der Waals surface area contributed by atoms with E-state index in [4.69, 9.17) is 9.47 Å². The van der Waals surface area contributed by atoms with Gasteiger partial charge in [0.05, 0.1) is 7.11 Å². The number of hydrogen-bond acceptors (Lipinski definition) is 5. The van der Waals surface area contributed by atoms with Crippen LogP contribution in [0.4, 0.5) is 10.5 Å². The zero-order chi connectivity index (χ0) is 21.3. The third-order valence-corrected chi connectivity index (χ3v) is 4.93. The second kappa shape index (κ2) is 10.3. The molecule has 3 amide bonds. The molecule has 0 bridgehead atoms. The first-order valence-electron chi connectivity index (χ1n) is 9.80. The van der Waals surface area contributed by atoms with E-state index in [9.17, 15) is 14.4 Å². The van der Waals surface area contributed by atoms with E-state index in [1.165, 1.54) is 0 Å². The van der Waals surface area contributed by atoms with Crippen LogP contribution in [-0.4, -0.2) is 49.6 Å². The predicted octanol–water partition coefficient (Wildman–Crippen LogP) is 2.66. The molecule has 2 aromatic carbocycles. The van der Waals surface area contributed by atoms with E-state index in [0.29, 0.717) is 36.8 Å². The fourth-order valence-electron chi connectivity index (χ4n) is 3.15. The fourth-order valence-corrected chi connectivity index (χ4v) is 3.15. The average Bonchev–Trinajstić information content (AvgIpc) is 2.79. The second-order valence-corrected chi connectivity index (χ2v) is 7.00. The standard InChI is InChI=1S/C22H25N3O5/c1-29-18-9-7-17(8-10-18)24-21(27)20(26)23-15-16-11-13-25(14-12-16)22(28)30-19-5-3-2-4-6-19/h2-10,16H,11-15H2,1H3,(H,23,26)(H,24,27). The van der Waals surface area contributed by atoms with Crippen LogP contribution in [0, 0.1) is 5.92 Å². The Balaban J connectivity index is 1.37. The first-order valence-corrected chi connectivity index (χ1v) is 9.80. The van der Waals surface area contributed by atoms with E-state index >= 15 is 0 Å². The average molecular weight is 411 g/mol. The second-order valence-electron chi connectivity index (χ2n) is 7.00. The third-order valence-electron chi connectivity index (χ3n) is 4.93. The van der Waals surface area contributed by atoms with Crippen molar-refractivity contribution < 1.29 is 23.9 Å². The number of carbonyl (C=O) groups excluding carboxylic acids is 3. The van der Waals surface area contributed by atoms with Crippen molar-refractivity contribution in [1.29, 1.82) is 0 Å². The molecule has 0 atom stereocenters. The van der Waals surface area contributed by atoms with E-state index in [1.807, 2.05) is 18.2 Å². The van der Waals surface area contributed by atoms with Crippen molar-refractivity contribution in [2.75, 3.05) is 32.1 Å². The summed E-state index contributed by atoms with van der Waals surface area (Å²) in [4.78, 5) is 38.0. The number of nitrogens with zero attached hydrogens (tertiary/aromatic N) is 1. The normalized spacial score (nSPS) is 14.0. The Labute approximate surface area is 175 Å². The summed E-state index contributed by atoms with van der Waals surface area (Å²) in [5.41, 5.74) is 0.515. The van der Waals surface area contributed by atoms with Crippen molar-refractivity contribution in [2.45, 2.75) is 12.8 Å². The molecule has 1 aliphatic rings. The van der Waals surface area contributed by atoms with Crippen LogP contribution in [0.15, 0.2) is 54.6 Å². The van der Waals surface area contributed by atoms with Gasteiger partial charge in [-0.05, 0) is 55.2 Å². The van der Waals surface area contributed by atoms with Crippen molar-refractivity contribution in [3.63, 3.8) is 0 Å². The number of amides is 3. The number of rotatable bonds is 5. The lowest BCUT2D eigenvalue weighted by Gasteiger charge is -2.31. The molecule has 0 radical (unpaired) electrons. The molecule has 30 heavy (non-hydrogen) atoms. The lowest BCUT2D eigenvalue weighted by atomic mass is 9.97. The van der Waals surface area contributed by atoms with Crippen LogP contribution < -0.4 is 20.1 Å². The van der Waals surface area contributed by atoms with Gasteiger partial charge in [-0.25, -0.2) is 4.79 Å². The van der Waals surface area contributed by atoms with Gasteiger partial charge in [-0.15, -0.1) is 0 Å². The maximum Gasteiger partial charge on any atom is 0.415 e. The molecule has 1 aliphatic heterocycles. The molecular weight excluding hydrogens is 386 g/mol. The summed E-state index contributed by atoms with van der Waals surface area (Å²) >= 11 is 0. The van der Waals surface area contributed by atoms with Gasteiger partial charge in [-0.3, -0.25) is 9.59 Å². The molecule has 0 unspecified atom stereocenters. The van der Waals surface area contributed by atoms with Gasteiger partial charge in [-0.2, -0.15) is 0 Å². The molecule has 8 nitrogen and oxygen atoms in total. The van der Waals surface area contributed by atoms with Crippen LogP contribution in [0.3, 0.4) is 0 Å². The van der Waals surface area contributed by atoms with E-state index in [0.717, 1.165) is 12.8 Å². The highest BCUT2D eigenvalue weighted by molar-refractivity contribution is 6.39. The summed E-state index contributed by atoms with van der Waals surface area (Å²) in [5, 5.41) is 5.22. The molecule has 2 N–H and O–H groups in total. The highest BCUT2D eigenvalue weighted by Crippen LogP contribution is 2.19.